The predicted molar refractivity (Wildman–Crippen MR) is 88.3 cm³/mol. The van der Waals surface area contributed by atoms with Crippen molar-refractivity contribution in [2.24, 2.45) is 0 Å². The van der Waals surface area contributed by atoms with E-state index in [4.69, 9.17) is 0 Å². The lowest BCUT2D eigenvalue weighted by atomic mass is 10.1. The number of carbonyl (C=O) groups is 1. The highest BCUT2D eigenvalue weighted by Gasteiger charge is 2.11. The van der Waals surface area contributed by atoms with Crippen LogP contribution in [0.25, 0.3) is 10.2 Å². The van der Waals surface area contributed by atoms with Crippen molar-refractivity contribution in [3.05, 3.63) is 53.0 Å². The quantitative estimate of drug-likeness (QED) is 0.771. The van der Waals surface area contributed by atoms with Crippen molar-refractivity contribution in [3.63, 3.8) is 0 Å². The maximum atomic E-state index is 12.4. The van der Waals surface area contributed by atoms with Crippen LogP contribution >= 0.6 is 11.3 Å². The van der Waals surface area contributed by atoms with Crippen LogP contribution in [0.4, 0.5) is 11.4 Å². The minimum Gasteiger partial charge on any atom is -0.387 e. The van der Waals surface area contributed by atoms with E-state index in [9.17, 15) is 4.79 Å². The SMILES string of the molecule is CNc1cc(C)ccc1C(=O)Nc1ccc2ncsc2c1. The Bertz CT molecular complexity index is 810. The van der Waals surface area contributed by atoms with E-state index >= 15 is 0 Å². The van der Waals surface area contributed by atoms with Gasteiger partial charge in [0.15, 0.2) is 0 Å². The molecule has 0 atom stereocenters. The van der Waals surface area contributed by atoms with Crippen molar-refractivity contribution in [2.75, 3.05) is 17.7 Å². The second kappa shape index (κ2) is 5.54. The first-order valence-electron chi connectivity index (χ1n) is 6.60. The van der Waals surface area contributed by atoms with E-state index in [1.165, 1.54) is 0 Å². The van der Waals surface area contributed by atoms with Crippen molar-refractivity contribution in [1.82, 2.24) is 4.98 Å². The Morgan fingerprint density at radius 3 is 2.86 bits per heavy atom. The molecule has 3 rings (SSSR count). The Kier molecular flexibility index (Phi) is 3.58. The average Bonchev–Trinajstić information content (AvgIpc) is 2.94. The summed E-state index contributed by atoms with van der Waals surface area (Å²) in [5.74, 6) is -0.122. The van der Waals surface area contributed by atoms with Gasteiger partial charge in [0.05, 0.1) is 21.3 Å². The van der Waals surface area contributed by atoms with Gasteiger partial charge < -0.3 is 10.6 Å². The van der Waals surface area contributed by atoms with Crippen LogP contribution in [-0.4, -0.2) is 17.9 Å². The molecule has 4 nitrogen and oxygen atoms in total. The fourth-order valence-electron chi connectivity index (χ4n) is 2.19. The maximum absolute atomic E-state index is 12.4. The number of benzene rings is 2. The Labute approximate surface area is 126 Å². The van der Waals surface area contributed by atoms with Crippen molar-refractivity contribution in [3.8, 4) is 0 Å². The van der Waals surface area contributed by atoms with Gasteiger partial charge in [0.25, 0.3) is 5.91 Å². The van der Waals surface area contributed by atoms with Crippen molar-refractivity contribution in [1.29, 1.82) is 0 Å². The molecule has 0 unspecified atom stereocenters. The molecular weight excluding hydrogens is 282 g/mol. The van der Waals surface area contributed by atoms with Gasteiger partial charge in [-0.25, -0.2) is 4.98 Å². The number of aryl methyl sites for hydroxylation is 1. The third-order valence-corrected chi connectivity index (χ3v) is 4.07. The number of aromatic nitrogens is 1. The first-order valence-corrected chi connectivity index (χ1v) is 7.48. The van der Waals surface area contributed by atoms with E-state index in [2.05, 4.69) is 15.6 Å². The molecule has 3 aromatic rings. The smallest absolute Gasteiger partial charge is 0.257 e. The van der Waals surface area contributed by atoms with Gasteiger partial charge in [-0.05, 0) is 42.8 Å². The van der Waals surface area contributed by atoms with Gasteiger partial charge in [-0.3, -0.25) is 4.79 Å². The highest BCUT2D eigenvalue weighted by Crippen LogP contribution is 2.23. The Hall–Kier alpha value is -2.40. The van der Waals surface area contributed by atoms with E-state index in [0.29, 0.717) is 5.56 Å². The molecule has 1 heterocycles. The number of thiazole rings is 1. The normalized spacial score (nSPS) is 10.6. The lowest BCUT2D eigenvalue weighted by Gasteiger charge is -2.10. The van der Waals surface area contributed by atoms with Gasteiger partial charge in [0.2, 0.25) is 0 Å². The molecular formula is C16H15N3OS. The molecule has 21 heavy (non-hydrogen) atoms. The van der Waals surface area contributed by atoms with E-state index in [1.807, 2.05) is 50.4 Å². The summed E-state index contributed by atoms with van der Waals surface area (Å²) in [6.07, 6.45) is 0. The zero-order valence-corrected chi connectivity index (χ0v) is 12.6. The maximum Gasteiger partial charge on any atom is 0.257 e. The summed E-state index contributed by atoms with van der Waals surface area (Å²) >= 11 is 1.56. The zero-order valence-electron chi connectivity index (χ0n) is 11.8. The number of anilines is 2. The van der Waals surface area contributed by atoms with Crippen LogP contribution in [0, 0.1) is 6.92 Å². The summed E-state index contributed by atoms with van der Waals surface area (Å²) in [6, 6.07) is 11.5. The van der Waals surface area contributed by atoms with Gasteiger partial charge >= 0.3 is 0 Å². The summed E-state index contributed by atoms with van der Waals surface area (Å²) in [4.78, 5) is 16.6. The van der Waals surface area contributed by atoms with Gasteiger partial charge in [-0.2, -0.15) is 0 Å². The molecule has 0 aliphatic heterocycles. The number of carbonyl (C=O) groups excluding carboxylic acids is 1. The Morgan fingerprint density at radius 2 is 2.05 bits per heavy atom. The molecule has 2 aromatic carbocycles. The van der Waals surface area contributed by atoms with Crippen molar-refractivity contribution < 1.29 is 4.79 Å². The predicted octanol–water partition coefficient (Wildman–Crippen LogP) is 3.90. The average molecular weight is 297 g/mol. The van der Waals surface area contributed by atoms with Crippen LogP contribution < -0.4 is 10.6 Å². The summed E-state index contributed by atoms with van der Waals surface area (Å²) in [5.41, 5.74) is 6.10. The number of amides is 1. The molecule has 0 saturated heterocycles. The molecule has 5 heteroatoms. The first-order chi connectivity index (χ1) is 10.2. The highest BCUT2D eigenvalue weighted by atomic mass is 32.1. The molecule has 0 saturated carbocycles. The summed E-state index contributed by atoms with van der Waals surface area (Å²) in [5, 5.41) is 5.99. The van der Waals surface area contributed by atoms with Crippen LogP contribution in [0.1, 0.15) is 15.9 Å². The summed E-state index contributed by atoms with van der Waals surface area (Å²) < 4.78 is 1.06. The van der Waals surface area contributed by atoms with E-state index in [-0.39, 0.29) is 5.91 Å². The molecule has 0 radical (unpaired) electrons. The second-order valence-electron chi connectivity index (χ2n) is 4.79. The van der Waals surface area contributed by atoms with Gasteiger partial charge in [0.1, 0.15) is 0 Å². The third-order valence-electron chi connectivity index (χ3n) is 3.28. The number of hydrogen-bond acceptors (Lipinski definition) is 4. The van der Waals surface area contributed by atoms with Crippen LogP contribution in [-0.2, 0) is 0 Å². The monoisotopic (exact) mass is 297 g/mol. The van der Waals surface area contributed by atoms with E-state index < -0.39 is 0 Å². The fourth-order valence-corrected chi connectivity index (χ4v) is 2.91. The number of nitrogens with one attached hydrogen (secondary N) is 2. The topological polar surface area (TPSA) is 54.0 Å². The van der Waals surface area contributed by atoms with Crippen LogP contribution in [0.2, 0.25) is 0 Å². The fraction of sp³-hybridized carbons (Fsp3) is 0.125. The lowest BCUT2D eigenvalue weighted by molar-refractivity contribution is 0.102. The van der Waals surface area contributed by atoms with Gasteiger partial charge in [0, 0.05) is 18.4 Å². The van der Waals surface area contributed by atoms with Gasteiger partial charge in [-0.1, -0.05) is 6.07 Å². The Morgan fingerprint density at radius 1 is 1.19 bits per heavy atom. The molecule has 1 aromatic heterocycles. The number of fused-ring (bicyclic) bond motifs is 1. The molecule has 0 fully saturated rings. The van der Waals surface area contributed by atoms with E-state index in [0.717, 1.165) is 27.2 Å². The molecule has 0 spiro atoms. The lowest BCUT2D eigenvalue weighted by Crippen LogP contribution is -2.14. The molecule has 0 bridgehead atoms. The molecule has 106 valence electrons. The minimum absolute atomic E-state index is 0.122. The van der Waals surface area contributed by atoms with Crippen molar-refractivity contribution >= 4 is 38.8 Å². The molecule has 0 aliphatic carbocycles. The van der Waals surface area contributed by atoms with Gasteiger partial charge in [-0.15, -0.1) is 11.3 Å². The number of rotatable bonds is 3. The number of hydrogen-bond donors (Lipinski definition) is 2. The summed E-state index contributed by atoms with van der Waals surface area (Å²) in [7, 11) is 1.81. The van der Waals surface area contributed by atoms with Crippen molar-refractivity contribution in [2.45, 2.75) is 6.92 Å². The van der Waals surface area contributed by atoms with Crippen LogP contribution in [0.15, 0.2) is 41.9 Å². The molecule has 0 aliphatic rings. The van der Waals surface area contributed by atoms with Crippen LogP contribution in [0.5, 0.6) is 0 Å². The molecule has 1 amide bonds. The third kappa shape index (κ3) is 2.73. The summed E-state index contributed by atoms with van der Waals surface area (Å²) in [6.45, 7) is 2.00. The Balaban J connectivity index is 1.88. The standard InChI is InChI=1S/C16H15N3OS/c1-10-3-5-12(14(7-10)17-2)16(20)19-11-4-6-13-15(8-11)21-9-18-13/h3-9,17H,1-2H3,(H,19,20). The van der Waals surface area contributed by atoms with E-state index in [1.54, 1.807) is 16.8 Å². The first kappa shape index (κ1) is 13.6. The zero-order chi connectivity index (χ0) is 14.8. The largest absolute Gasteiger partial charge is 0.387 e. The van der Waals surface area contributed by atoms with Crippen LogP contribution in [0.3, 0.4) is 0 Å². The second-order valence-corrected chi connectivity index (χ2v) is 5.67. The number of nitrogens with zero attached hydrogens (tertiary/aromatic N) is 1. The highest BCUT2D eigenvalue weighted by molar-refractivity contribution is 7.16. The molecule has 2 N–H and O–H groups in total. The minimum atomic E-state index is -0.122.